The zero-order valence-electron chi connectivity index (χ0n) is 18.7. The number of amides is 1. The van der Waals surface area contributed by atoms with Crippen molar-refractivity contribution < 1.29 is 19.1 Å². The molecule has 0 bridgehead atoms. The van der Waals surface area contributed by atoms with Gasteiger partial charge in [0.2, 0.25) is 5.91 Å². The lowest BCUT2D eigenvalue weighted by atomic mass is 10.1. The van der Waals surface area contributed by atoms with E-state index >= 15 is 0 Å². The Labute approximate surface area is 199 Å². The van der Waals surface area contributed by atoms with Gasteiger partial charge in [0.1, 0.15) is 5.00 Å². The summed E-state index contributed by atoms with van der Waals surface area (Å²) in [5, 5.41) is 4.35. The standard InChI is InChI=1S/C23H25N3O5S2/c1-13(11-30-2)26-21(28)14-7-4-5-9-16(14)24-23(26)32-12-18(27)25-20-19(22(29)31-3)15-8-6-10-17(15)33-20/h4-5,7,9,13H,6,8,10-12H2,1-3H3,(H,25,27)/t13-/m0/s1. The number of esters is 1. The smallest absolute Gasteiger partial charge is 0.341 e. The Hall–Kier alpha value is -2.69. The predicted molar refractivity (Wildman–Crippen MR) is 130 cm³/mol. The number of rotatable bonds is 8. The first-order valence-corrected chi connectivity index (χ1v) is 12.4. The molecule has 10 heteroatoms. The molecule has 0 fully saturated rings. The second-order valence-corrected chi connectivity index (χ2v) is 9.83. The largest absolute Gasteiger partial charge is 0.465 e. The molecule has 33 heavy (non-hydrogen) atoms. The number of aryl methyl sites for hydroxylation is 1. The van der Waals surface area contributed by atoms with E-state index in [0.29, 0.717) is 33.2 Å². The Balaban J connectivity index is 1.58. The molecule has 0 spiro atoms. The highest BCUT2D eigenvalue weighted by Gasteiger charge is 2.28. The molecule has 0 radical (unpaired) electrons. The van der Waals surface area contributed by atoms with E-state index in [1.807, 2.05) is 13.0 Å². The number of anilines is 1. The molecule has 1 aliphatic rings. The van der Waals surface area contributed by atoms with E-state index in [0.717, 1.165) is 29.7 Å². The molecule has 3 aromatic rings. The highest BCUT2D eigenvalue weighted by molar-refractivity contribution is 7.99. The minimum Gasteiger partial charge on any atom is -0.465 e. The molecule has 0 saturated carbocycles. The third-order valence-corrected chi connectivity index (χ3v) is 7.68. The van der Waals surface area contributed by atoms with Crippen LogP contribution in [0, 0.1) is 0 Å². The van der Waals surface area contributed by atoms with Crippen molar-refractivity contribution in [2.45, 2.75) is 37.4 Å². The van der Waals surface area contributed by atoms with Crippen LogP contribution in [-0.2, 0) is 27.1 Å². The number of thiophene rings is 1. The van der Waals surface area contributed by atoms with E-state index in [9.17, 15) is 14.4 Å². The van der Waals surface area contributed by atoms with Crippen molar-refractivity contribution in [2.24, 2.45) is 0 Å². The predicted octanol–water partition coefficient (Wildman–Crippen LogP) is 3.67. The number of aromatic nitrogens is 2. The first kappa shape index (κ1) is 23.5. The van der Waals surface area contributed by atoms with Crippen LogP contribution in [0.5, 0.6) is 0 Å². The van der Waals surface area contributed by atoms with E-state index in [1.54, 1.807) is 29.9 Å². The van der Waals surface area contributed by atoms with Crippen molar-refractivity contribution in [1.29, 1.82) is 0 Å². The van der Waals surface area contributed by atoms with Gasteiger partial charge in [-0.3, -0.25) is 14.2 Å². The molecular formula is C23H25N3O5S2. The van der Waals surface area contributed by atoms with Gasteiger partial charge in [-0.15, -0.1) is 11.3 Å². The Bertz CT molecular complexity index is 1270. The Morgan fingerprint density at radius 1 is 1.27 bits per heavy atom. The van der Waals surface area contributed by atoms with Gasteiger partial charge in [-0.2, -0.15) is 0 Å². The van der Waals surface area contributed by atoms with Crippen molar-refractivity contribution in [3.63, 3.8) is 0 Å². The van der Waals surface area contributed by atoms with Crippen molar-refractivity contribution in [1.82, 2.24) is 9.55 Å². The van der Waals surface area contributed by atoms with E-state index < -0.39 is 5.97 Å². The van der Waals surface area contributed by atoms with Crippen LogP contribution in [0.25, 0.3) is 10.9 Å². The molecule has 2 aromatic heterocycles. The number of thioether (sulfide) groups is 1. The number of benzene rings is 1. The van der Waals surface area contributed by atoms with E-state index in [-0.39, 0.29) is 23.3 Å². The second-order valence-electron chi connectivity index (χ2n) is 7.78. The summed E-state index contributed by atoms with van der Waals surface area (Å²) in [5.41, 5.74) is 1.85. The summed E-state index contributed by atoms with van der Waals surface area (Å²) >= 11 is 2.61. The third-order valence-electron chi connectivity index (χ3n) is 5.52. The topological polar surface area (TPSA) is 99.5 Å². The van der Waals surface area contributed by atoms with Crippen LogP contribution in [0.15, 0.2) is 34.2 Å². The minimum absolute atomic E-state index is 0.0354. The van der Waals surface area contributed by atoms with Gasteiger partial charge in [0.05, 0.1) is 42.0 Å². The third kappa shape index (κ3) is 4.68. The summed E-state index contributed by atoms with van der Waals surface area (Å²) in [6, 6.07) is 6.89. The summed E-state index contributed by atoms with van der Waals surface area (Å²) in [7, 11) is 2.92. The molecule has 4 rings (SSSR count). The molecular weight excluding hydrogens is 462 g/mol. The van der Waals surface area contributed by atoms with Gasteiger partial charge in [0, 0.05) is 12.0 Å². The van der Waals surface area contributed by atoms with Crippen LogP contribution in [0.1, 0.15) is 40.2 Å². The molecule has 0 saturated heterocycles. The molecule has 1 amide bonds. The zero-order valence-corrected chi connectivity index (χ0v) is 20.3. The van der Waals surface area contributed by atoms with Crippen molar-refractivity contribution in [3.8, 4) is 0 Å². The van der Waals surface area contributed by atoms with E-state index in [4.69, 9.17) is 9.47 Å². The number of hydrogen-bond acceptors (Lipinski definition) is 8. The number of hydrogen-bond donors (Lipinski definition) is 1. The maximum atomic E-state index is 13.1. The quantitative estimate of drug-likeness (QED) is 0.294. The molecule has 8 nitrogen and oxygen atoms in total. The van der Waals surface area contributed by atoms with Crippen LogP contribution in [0.2, 0.25) is 0 Å². The number of methoxy groups -OCH3 is 2. The zero-order chi connectivity index (χ0) is 23.5. The highest BCUT2D eigenvalue weighted by Crippen LogP contribution is 2.39. The summed E-state index contributed by atoms with van der Waals surface area (Å²) in [6.07, 6.45) is 2.71. The number of fused-ring (bicyclic) bond motifs is 2. The fourth-order valence-corrected chi connectivity index (χ4v) is 6.23. The average molecular weight is 488 g/mol. The molecule has 1 aliphatic carbocycles. The summed E-state index contributed by atoms with van der Waals surface area (Å²) in [5.74, 6) is -0.678. The first-order valence-electron chi connectivity index (χ1n) is 10.6. The molecule has 174 valence electrons. The number of nitrogens with one attached hydrogen (secondary N) is 1. The lowest BCUT2D eigenvalue weighted by Crippen LogP contribution is -2.29. The van der Waals surface area contributed by atoms with Gasteiger partial charge >= 0.3 is 5.97 Å². The molecule has 1 aromatic carbocycles. The average Bonchev–Trinajstić information content (AvgIpc) is 3.38. The lowest BCUT2D eigenvalue weighted by molar-refractivity contribution is -0.113. The van der Waals surface area contributed by atoms with Crippen LogP contribution in [-0.4, -0.2) is 48.0 Å². The van der Waals surface area contributed by atoms with Gasteiger partial charge in [-0.05, 0) is 43.9 Å². The Kier molecular flexibility index (Phi) is 7.16. The van der Waals surface area contributed by atoms with E-state index in [1.165, 1.54) is 30.2 Å². The number of carbonyl (C=O) groups is 2. The highest BCUT2D eigenvalue weighted by atomic mass is 32.2. The molecule has 2 heterocycles. The van der Waals surface area contributed by atoms with Crippen LogP contribution in [0.3, 0.4) is 0 Å². The summed E-state index contributed by atoms with van der Waals surface area (Å²) in [6.45, 7) is 2.21. The number of ether oxygens (including phenoxy) is 2. The fourth-order valence-electron chi connectivity index (χ4n) is 4.03. The van der Waals surface area contributed by atoms with E-state index in [2.05, 4.69) is 10.3 Å². The van der Waals surface area contributed by atoms with Gasteiger partial charge in [-0.1, -0.05) is 23.9 Å². The number of carbonyl (C=O) groups excluding carboxylic acids is 2. The molecule has 0 aliphatic heterocycles. The van der Waals surface area contributed by atoms with Crippen LogP contribution in [0.4, 0.5) is 5.00 Å². The molecule has 1 N–H and O–H groups in total. The summed E-state index contributed by atoms with van der Waals surface area (Å²) < 4.78 is 11.8. The second kappa shape index (κ2) is 10.1. The summed E-state index contributed by atoms with van der Waals surface area (Å²) in [4.78, 5) is 44.0. The van der Waals surface area contributed by atoms with Crippen molar-refractivity contribution >= 4 is 50.9 Å². The minimum atomic E-state index is -0.434. The lowest BCUT2D eigenvalue weighted by Gasteiger charge is -2.18. The van der Waals surface area contributed by atoms with Gasteiger partial charge in [-0.25, -0.2) is 9.78 Å². The molecule has 1 atom stereocenters. The SMILES string of the molecule is COC[C@H](C)n1c(SCC(=O)Nc2sc3c(c2C(=O)OC)CCC3)nc2ccccc2c1=O. The van der Waals surface area contributed by atoms with Crippen LogP contribution >= 0.6 is 23.1 Å². The van der Waals surface area contributed by atoms with Gasteiger partial charge in [0.15, 0.2) is 5.16 Å². The number of para-hydroxylation sites is 1. The maximum Gasteiger partial charge on any atom is 0.341 e. The number of nitrogens with zero attached hydrogens (tertiary/aromatic N) is 2. The van der Waals surface area contributed by atoms with Crippen molar-refractivity contribution in [3.05, 3.63) is 50.6 Å². The Morgan fingerprint density at radius 3 is 2.82 bits per heavy atom. The van der Waals surface area contributed by atoms with Gasteiger partial charge in [0.25, 0.3) is 5.56 Å². The molecule has 0 unspecified atom stereocenters. The fraction of sp³-hybridized carbons (Fsp3) is 0.391. The van der Waals surface area contributed by atoms with Crippen LogP contribution < -0.4 is 10.9 Å². The van der Waals surface area contributed by atoms with Crippen molar-refractivity contribution in [2.75, 3.05) is 31.9 Å². The maximum absolute atomic E-state index is 13.1. The first-order chi connectivity index (χ1) is 15.9. The normalized spacial score (nSPS) is 13.7. The van der Waals surface area contributed by atoms with Gasteiger partial charge < -0.3 is 14.8 Å². The monoisotopic (exact) mass is 487 g/mol. The Morgan fingerprint density at radius 2 is 2.06 bits per heavy atom.